The van der Waals surface area contributed by atoms with Crippen molar-refractivity contribution in [2.45, 2.75) is 52.1 Å². The van der Waals surface area contributed by atoms with Crippen LogP contribution in [0.1, 0.15) is 43.7 Å². The summed E-state index contributed by atoms with van der Waals surface area (Å²) in [5, 5.41) is 4.38. The predicted octanol–water partition coefficient (Wildman–Crippen LogP) is 3.86. The molecule has 0 spiro atoms. The van der Waals surface area contributed by atoms with Gasteiger partial charge in [0.2, 0.25) is 0 Å². The maximum Gasteiger partial charge on any atom is 0.308 e. The zero-order valence-corrected chi connectivity index (χ0v) is 13.6. The SMILES string of the molecule is CCOC(=O)C1CCC(NCc2ccc(Cl)cc2C)CC1. The molecule has 1 aromatic rings. The van der Waals surface area contributed by atoms with Gasteiger partial charge in [-0.1, -0.05) is 17.7 Å². The molecule has 4 heteroatoms. The lowest BCUT2D eigenvalue weighted by atomic mass is 9.86. The van der Waals surface area contributed by atoms with Crippen molar-refractivity contribution in [2.24, 2.45) is 5.92 Å². The molecule has 0 unspecified atom stereocenters. The van der Waals surface area contributed by atoms with Crippen molar-refractivity contribution in [3.05, 3.63) is 34.3 Å². The lowest BCUT2D eigenvalue weighted by Gasteiger charge is -2.28. The highest BCUT2D eigenvalue weighted by atomic mass is 35.5. The van der Waals surface area contributed by atoms with Crippen LogP contribution in [0.5, 0.6) is 0 Å². The van der Waals surface area contributed by atoms with Crippen molar-refractivity contribution in [3.8, 4) is 0 Å². The van der Waals surface area contributed by atoms with Gasteiger partial charge in [-0.25, -0.2) is 0 Å². The van der Waals surface area contributed by atoms with Gasteiger partial charge in [0.15, 0.2) is 0 Å². The number of ether oxygens (including phenoxy) is 1. The lowest BCUT2D eigenvalue weighted by molar-refractivity contribution is -0.149. The van der Waals surface area contributed by atoms with E-state index in [0.29, 0.717) is 12.6 Å². The van der Waals surface area contributed by atoms with E-state index in [4.69, 9.17) is 16.3 Å². The first kappa shape index (κ1) is 16.3. The van der Waals surface area contributed by atoms with Crippen LogP contribution in [0.4, 0.5) is 0 Å². The third kappa shape index (κ3) is 4.72. The van der Waals surface area contributed by atoms with Crippen molar-refractivity contribution in [3.63, 3.8) is 0 Å². The number of aryl methyl sites for hydroxylation is 1. The van der Waals surface area contributed by atoms with E-state index in [2.05, 4.69) is 18.3 Å². The second-order valence-electron chi connectivity index (χ2n) is 5.75. The standard InChI is InChI=1S/C17H24ClNO2/c1-3-21-17(20)13-5-8-16(9-6-13)19-11-14-4-7-15(18)10-12(14)2/h4,7,10,13,16,19H,3,5-6,8-9,11H2,1-2H3. The van der Waals surface area contributed by atoms with E-state index >= 15 is 0 Å². The summed E-state index contributed by atoms with van der Waals surface area (Å²) < 4.78 is 5.10. The van der Waals surface area contributed by atoms with E-state index in [-0.39, 0.29) is 11.9 Å². The largest absolute Gasteiger partial charge is 0.466 e. The summed E-state index contributed by atoms with van der Waals surface area (Å²) in [6, 6.07) is 6.50. The number of nitrogens with one attached hydrogen (secondary N) is 1. The zero-order chi connectivity index (χ0) is 15.2. The van der Waals surface area contributed by atoms with Crippen LogP contribution in [0.2, 0.25) is 5.02 Å². The molecule has 0 atom stereocenters. The van der Waals surface area contributed by atoms with E-state index in [1.165, 1.54) is 11.1 Å². The monoisotopic (exact) mass is 309 g/mol. The molecule has 1 N–H and O–H groups in total. The molecule has 0 radical (unpaired) electrons. The molecule has 0 saturated heterocycles. The van der Waals surface area contributed by atoms with Gasteiger partial charge in [0.25, 0.3) is 0 Å². The first-order valence-electron chi connectivity index (χ1n) is 7.75. The molecular formula is C17H24ClNO2. The average molecular weight is 310 g/mol. The third-order valence-corrected chi connectivity index (χ3v) is 4.47. The fourth-order valence-corrected chi connectivity index (χ4v) is 3.13. The molecule has 1 fully saturated rings. The first-order chi connectivity index (χ1) is 10.1. The Labute approximate surface area is 132 Å². The minimum Gasteiger partial charge on any atom is -0.466 e. The second-order valence-corrected chi connectivity index (χ2v) is 6.19. The molecule has 2 rings (SSSR count). The summed E-state index contributed by atoms with van der Waals surface area (Å²) in [7, 11) is 0. The summed E-state index contributed by atoms with van der Waals surface area (Å²) in [6.45, 7) is 5.28. The number of benzene rings is 1. The Kier molecular flexibility index (Phi) is 6.07. The molecule has 1 saturated carbocycles. The van der Waals surface area contributed by atoms with Crippen molar-refractivity contribution >= 4 is 17.6 Å². The van der Waals surface area contributed by atoms with Crippen LogP contribution in [-0.4, -0.2) is 18.6 Å². The van der Waals surface area contributed by atoms with Crippen LogP contribution in [0, 0.1) is 12.8 Å². The number of hydrogen-bond donors (Lipinski definition) is 1. The molecule has 0 heterocycles. The lowest BCUT2D eigenvalue weighted by Crippen LogP contribution is -2.35. The van der Waals surface area contributed by atoms with E-state index < -0.39 is 0 Å². The summed E-state index contributed by atoms with van der Waals surface area (Å²) >= 11 is 5.97. The number of carbonyl (C=O) groups excluding carboxylic acids is 1. The number of carbonyl (C=O) groups is 1. The number of esters is 1. The van der Waals surface area contributed by atoms with Crippen LogP contribution in [0.15, 0.2) is 18.2 Å². The van der Waals surface area contributed by atoms with Gasteiger partial charge in [0, 0.05) is 17.6 Å². The average Bonchev–Trinajstić information content (AvgIpc) is 2.47. The molecule has 3 nitrogen and oxygen atoms in total. The van der Waals surface area contributed by atoms with Crippen LogP contribution in [0.3, 0.4) is 0 Å². The van der Waals surface area contributed by atoms with Crippen LogP contribution in [0.25, 0.3) is 0 Å². The smallest absolute Gasteiger partial charge is 0.308 e. The predicted molar refractivity (Wildman–Crippen MR) is 85.4 cm³/mol. The van der Waals surface area contributed by atoms with Gasteiger partial charge < -0.3 is 10.1 Å². The van der Waals surface area contributed by atoms with Crippen molar-refractivity contribution < 1.29 is 9.53 Å². The maximum absolute atomic E-state index is 11.7. The van der Waals surface area contributed by atoms with E-state index in [9.17, 15) is 4.79 Å². The van der Waals surface area contributed by atoms with Crippen LogP contribution in [-0.2, 0) is 16.1 Å². The summed E-state index contributed by atoms with van der Waals surface area (Å²) in [5.74, 6) is 0.0739. The molecule has 116 valence electrons. The van der Waals surface area contributed by atoms with Gasteiger partial charge in [0.1, 0.15) is 0 Å². The Morgan fingerprint density at radius 2 is 2.05 bits per heavy atom. The maximum atomic E-state index is 11.7. The highest BCUT2D eigenvalue weighted by Gasteiger charge is 2.26. The molecule has 21 heavy (non-hydrogen) atoms. The summed E-state index contributed by atoms with van der Waals surface area (Å²) in [5.41, 5.74) is 2.50. The normalized spacial score (nSPS) is 22.0. The van der Waals surface area contributed by atoms with E-state index in [1.807, 2.05) is 19.1 Å². The number of rotatable bonds is 5. The topological polar surface area (TPSA) is 38.3 Å². The van der Waals surface area contributed by atoms with Crippen LogP contribution < -0.4 is 5.32 Å². The van der Waals surface area contributed by atoms with Gasteiger partial charge in [-0.05, 0) is 62.8 Å². The van der Waals surface area contributed by atoms with Gasteiger partial charge in [-0.15, -0.1) is 0 Å². The fourth-order valence-electron chi connectivity index (χ4n) is 2.91. The number of hydrogen-bond acceptors (Lipinski definition) is 3. The molecular weight excluding hydrogens is 286 g/mol. The Bertz CT molecular complexity index is 482. The van der Waals surface area contributed by atoms with E-state index in [1.54, 1.807) is 0 Å². The Morgan fingerprint density at radius 1 is 1.33 bits per heavy atom. The van der Waals surface area contributed by atoms with Gasteiger partial charge >= 0.3 is 5.97 Å². The molecule has 1 aliphatic carbocycles. The summed E-state index contributed by atoms with van der Waals surface area (Å²) in [6.07, 6.45) is 3.93. The quantitative estimate of drug-likeness (QED) is 0.839. The molecule has 1 aliphatic rings. The first-order valence-corrected chi connectivity index (χ1v) is 8.13. The molecule has 0 bridgehead atoms. The highest BCUT2D eigenvalue weighted by Crippen LogP contribution is 2.26. The Balaban J connectivity index is 1.77. The molecule has 0 aliphatic heterocycles. The molecule has 0 amide bonds. The molecule has 0 aromatic heterocycles. The Morgan fingerprint density at radius 3 is 2.67 bits per heavy atom. The zero-order valence-electron chi connectivity index (χ0n) is 12.8. The third-order valence-electron chi connectivity index (χ3n) is 4.23. The van der Waals surface area contributed by atoms with Crippen LogP contribution >= 0.6 is 11.6 Å². The molecule has 1 aromatic carbocycles. The van der Waals surface area contributed by atoms with Gasteiger partial charge in [-0.3, -0.25) is 4.79 Å². The number of halogens is 1. The fraction of sp³-hybridized carbons (Fsp3) is 0.588. The minimum absolute atomic E-state index is 0.0236. The Hall–Kier alpha value is -1.06. The van der Waals surface area contributed by atoms with Crippen molar-refractivity contribution in [2.75, 3.05) is 6.61 Å². The van der Waals surface area contributed by atoms with Gasteiger partial charge in [-0.2, -0.15) is 0 Å². The summed E-state index contributed by atoms with van der Waals surface area (Å²) in [4.78, 5) is 11.7. The van der Waals surface area contributed by atoms with Gasteiger partial charge in [0.05, 0.1) is 12.5 Å². The highest BCUT2D eigenvalue weighted by molar-refractivity contribution is 6.30. The van der Waals surface area contributed by atoms with Crippen molar-refractivity contribution in [1.29, 1.82) is 0 Å². The second kappa shape index (κ2) is 7.81. The van der Waals surface area contributed by atoms with E-state index in [0.717, 1.165) is 37.3 Å². The minimum atomic E-state index is -0.0236. The van der Waals surface area contributed by atoms with Crippen molar-refractivity contribution in [1.82, 2.24) is 5.32 Å².